The van der Waals surface area contributed by atoms with Gasteiger partial charge in [-0.1, -0.05) is 20.8 Å². The van der Waals surface area contributed by atoms with E-state index in [1.165, 1.54) is 0 Å². The Bertz CT molecular complexity index is 1870. The maximum absolute atomic E-state index is 14.1. The Balaban J connectivity index is 1.64. The van der Waals surface area contributed by atoms with Gasteiger partial charge in [-0.05, 0) is 105 Å². The van der Waals surface area contributed by atoms with Gasteiger partial charge in [0.1, 0.15) is 28.7 Å². The van der Waals surface area contributed by atoms with Gasteiger partial charge in [0.2, 0.25) is 5.78 Å². The average molecular weight is 635 g/mol. The summed E-state index contributed by atoms with van der Waals surface area (Å²) in [4.78, 5) is 18.6. The molecular formula is C40H44NO6+. The summed E-state index contributed by atoms with van der Waals surface area (Å²) in [6.07, 6.45) is 5.59. The van der Waals surface area contributed by atoms with Gasteiger partial charge in [0.05, 0.1) is 55.7 Å². The number of allylic oxidation sites excluding steroid dienone is 8. The topological polar surface area (TPSA) is 78.2 Å². The van der Waals surface area contributed by atoms with Crippen LogP contribution in [-0.4, -0.2) is 32.1 Å². The van der Waals surface area contributed by atoms with Crippen molar-refractivity contribution in [3.63, 3.8) is 0 Å². The molecule has 1 aliphatic carbocycles. The van der Waals surface area contributed by atoms with E-state index in [1.54, 1.807) is 27.5 Å². The highest BCUT2D eigenvalue weighted by molar-refractivity contribution is 6.25. The molecule has 1 aromatic carbocycles. The molecule has 0 unspecified atom stereocenters. The van der Waals surface area contributed by atoms with Crippen LogP contribution < -0.4 is 9.47 Å². The number of pyridine rings is 1. The van der Waals surface area contributed by atoms with E-state index in [1.807, 2.05) is 74.5 Å². The fraction of sp³-hybridized carbons (Fsp3) is 0.325. The molecular weight excluding hydrogens is 590 g/mol. The number of ether oxygens (including phenoxy) is 4. The zero-order valence-electron chi connectivity index (χ0n) is 29.2. The van der Waals surface area contributed by atoms with Gasteiger partial charge in [0.25, 0.3) is 0 Å². The lowest BCUT2D eigenvalue weighted by Crippen LogP contribution is -2.26. The Labute approximate surface area is 277 Å². The Morgan fingerprint density at radius 2 is 1.45 bits per heavy atom. The number of hydrogen-bond acceptors (Lipinski definition) is 6. The van der Waals surface area contributed by atoms with Crippen molar-refractivity contribution in [3.05, 3.63) is 118 Å². The quantitative estimate of drug-likeness (QED) is 0.189. The number of nitrogens with zero attached hydrogens (tertiary/aromatic N) is 1. The van der Waals surface area contributed by atoms with Crippen LogP contribution in [0.4, 0.5) is 0 Å². The maximum atomic E-state index is 14.1. The fourth-order valence-electron chi connectivity index (χ4n) is 5.41. The van der Waals surface area contributed by atoms with Crippen LogP contribution in [0, 0.1) is 5.41 Å². The van der Waals surface area contributed by atoms with Crippen LogP contribution >= 0.6 is 0 Å². The number of rotatable bonds is 7. The second kappa shape index (κ2) is 12.7. The molecule has 0 bridgehead atoms. The van der Waals surface area contributed by atoms with E-state index in [0.717, 1.165) is 45.1 Å². The second-order valence-electron chi connectivity index (χ2n) is 13.8. The Kier molecular flexibility index (Phi) is 9.04. The predicted octanol–water partition coefficient (Wildman–Crippen LogP) is 9.51. The summed E-state index contributed by atoms with van der Waals surface area (Å²) < 4.78 is 29.3. The summed E-state index contributed by atoms with van der Waals surface area (Å²) in [6.45, 7) is 16.5. The van der Waals surface area contributed by atoms with E-state index in [2.05, 4.69) is 46.5 Å². The molecule has 7 nitrogen and oxygen atoms in total. The van der Waals surface area contributed by atoms with Crippen molar-refractivity contribution in [2.24, 2.45) is 5.41 Å². The molecule has 47 heavy (non-hydrogen) atoms. The third kappa shape index (κ3) is 6.66. The molecule has 3 aromatic rings. The van der Waals surface area contributed by atoms with Gasteiger partial charge in [-0.15, -0.1) is 0 Å². The van der Waals surface area contributed by atoms with Crippen molar-refractivity contribution in [2.45, 2.75) is 60.8 Å². The number of carbonyl (C=O) groups is 1. The van der Waals surface area contributed by atoms with Crippen molar-refractivity contribution < 1.29 is 28.2 Å². The molecule has 0 saturated heterocycles. The number of aromatic nitrogens is 1. The summed E-state index contributed by atoms with van der Waals surface area (Å²) in [5.41, 5.74) is 5.51. The van der Waals surface area contributed by atoms with Crippen LogP contribution in [0.15, 0.2) is 105 Å². The van der Waals surface area contributed by atoms with Gasteiger partial charge >= 0.3 is 11.5 Å². The average Bonchev–Trinajstić information content (AvgIpc) is 3.05. The lowest BCUT2D eigenvalue weighted by molar-refractivity contribution is -0.113. The molecule has 0 spiro atoms. The van der Waals surface area contributed by atoms with Crippen molar-refractivity contribution in [3.8, 4) is 22.8 Å². The van der Waals surface area contributed by atoms with E-state index in [4.69, 9.17) is 23.4 Å². The van der Waals surface area contributed by atoms with Gasteiger partial charge in [0, 0.05) is 11.5 Å². The van der Waals surface area contributed by atoms with E-state index < -0.39 is 0 Å². The van der Waals surface area contributed by atoms with Crippen molar-refractivity contribution in [1.29, 1.82) is 0 Å². The van der Waals surface area contributed by atoms with E-state index >= 15 is 0 Å². The molecule has 2 aliphatic rings. The summed E-state index contributed by atoms with van der Waals surface area (Å²) in [6, 6.07) is 15.5. The summed E-state index contributed by atoms with van der Waals surface area (Å²) in [5.74, 6) is 4.81. The molecule has 0 amide bonds. The molecule has 5 rings (SSSR count). The molecule has 0 N–H and O–H groups in total. The van der Waals surface area contributed by atoms with Crippen LogP contribution in [0.1, 0.15) is 72.4 Å². The van der Waals surface area contributed by atoms with Crippen molar-refractivity contribution in [2.75, 3.05) is 21.3 Å². The van der Waals surface area contributed by atoms with Crippen LogP contribution in [0.3, 0.4) is 0 Å². The van der Waals surface area contributed by atoms with Crippen molar-refractivity contribution in [1.82, 2.24) is 4.98 Å². The minimum absolute atomic E-state index is 0.0665. The third-order valence-electron chi connectivity index (χ3n) is 8.39. The number of benzene rings is 1. The third-order valence-corrected chi connectivity index (χ3v) is 8.39. The number of hydrogen-bond donors (Lipinski definition) is 0. The zero-order chi connectivity index (χ0) is 34.3. The van der Waals surface area contributed by atoms with Crippen LogP contribution in [0.2, 0.25) is 0 Å². The number of methoxy groups -OCH3 is 3. The Morgan fingerprint density at radius 3 is 2.00 bits per heavy atom. The largest absolute Gasteiger partial charge is 0.497 e. The Morgan fingerprint density at radius 1 is 0.787 bits per heavy atom. The molecule has 7 heteroatoms. The lowest BCUT2D eigenvalue weighted by Gasteiger charge is -2.30. The molecule has 0 saturated carbocycles. The van der Waals surface area contributed by atoms with Crippen LogP contribution in [-0.2, 0) is 19.7 Å². The molecule has 2 aromatic heterocycles. The lowest BCUT2D eigenvalue weighted by atomic mass is 9.77. The number of carbonyl (C=O) groups excluding carboxylic acids is 1. The summed E-state index contributed by atoms with van der Waals surface area (Å²) in [5, 5.41) is 0. The molecule has 0 fully saturated rings. The molecule has 244 valence electrons. The van der Waals surface area contributed by atoms with Gasteiger partial charge < -0.3 is 18.9 Å². The number of Topliss-reactive ketones (excluding diaryl/α,β-unsaturated/α-hetero) is 1. The summed E-state index contributed by atoms with van der Waals surface area (Å²) >= 11 is 0. The molecule has 0 radical (unpaired) electrons. The van der Waals surface area contributed by atoms with Gasteiger partial charge in [-0.25, -0.2) is 9.40 Å². The normalized spacial score (nSPS) is 17.3. The van der Waals surface area contributed by atoms with Crippen molar-refractivity contribution >= 4 is 17.1 Å². The highest BCUT2D eigenvalue weighted by atomic mass is 16.5. The van der Waals surface area contributed by atoms with Gasteiger partial charge in [-0.2, -0.15) is 0 Å². The van der Waals surface area contributed by atoms with E-state index in [9.17, 15) is 4.79 Å². The smallest absolute Gasteiger partial charge is 0.360 e. The van der Waals surface area contributed by atoms with Gasteiger partial charge in [0.15, 0.2) is 5.76 Å². The first-order chi connectivity index (χ1) is 22.2. The minimum Gasteiger partial charge on any atom is -0.497 e. The first-order valence-corrected chi connectivity index (χ1v) is 15.7. The maximum Gasteiger partial charge on any atom is 0.360 e. The minimum atomic E-state index is -0.286. The Hall–Kier alpha value is -4.91. The standard InChI is InChI=1S/C40H44NO6/c1-23(26-18-31(46-33(20-26)39(3,4)5)25-12-14-28(43-9)15-13-25)35-37(42)36(38(35)45-11)24(2)27-19-32(47-34(21-27)40(6,7)8)30-17-16-29(44-10)22-41-30/h12-22H,1-11H3/q+1. The second-order valence-corrected chi connectivity index (χ2v) is 13.8. The van der Waals surface area contributed by atoms with Crippen LogP contribution in [0.25, 0.3) is 22.7 Å². The summed E-state index contributed by atoms with van der Waals surface area (Å²) in [7, 11) is 4.86. The fourth-order valence-corrected chi connectivity index (χ4v) is 5.41. The van der Waals surface area contributed by atoms with E-state index in [-0.39, 0.29) is 16.6 Å². The first kappa shape index (κ1) is 33.5. The highest BCUT2D eigenvalue weighted by Crippen LogP contribution is 2.44. The SMILES string of the molecule is COC1=C(C(C)=C2C=C(c3ccc(OC)cn3)OC(C(C)(C)C)=C2)C(=O)C1=C(C)c1cc(-c2ccc(OC)cc2)[o+]c(C(C)(C)C)c1. The molecule has 0 atom stereocenters. The number of ketones is 1. The first-order valence-electron chi connectivity index (χ1n) is 15.7. The molecule has 1 aliphatic heterocycles. The van der Waals surface area contributed by atoms with Gasteiger partial charge in [-0.3, -0.25) is 4.79 Å². The predicted molar refractivity (Wildman–Crippen MR) is 186 cm³/mol. The van der Waals surface area contributed by atoms with Crippen LogP contribution in [0.5, 0.6) is 11.5 Å². The monoisotopic (exact) mass is 634 g/mol. The van der Waals surface area contributed by atoms with E-state index in [0.29, 0.717) is 39.9 Å². The zero-order valence-corrected chi connectivity index (χ0v) is 29.2. The highest BCUT2D eigenvalue weighted by Gasteiger charge is 2.40. The molecule has 3 heterocycles.